The third-order valence-electron chi connectivity index (χ3n) is 3.80. The second kappa shape index (κ2) is 11.7. The molecule has 0 aromatic heterocycles. The number of aliphatic imine (C=N–C) groups is 1. The highest BCUT2D eigenvalue weighted by atomic mass is 127. The molecule has 0 radical (unpaired) electrons. The molecule has 0 saturated heterocycles. The molecule has 1 aliphatic rings. The molecule has 0 amide bonds. The van der Waals surface area contributed by atoms with Crippen molar-refractivity contribution in [2.24, 2.45) is 10.9 Å². The van der Waals surface area contributed by atoms with E-state index in [9.17, 15) is 8.42 Å². The van der Waals surface area contributed by atoms with Crippen molar-refractivity contribution in [1.82, 2.24) is 10.6 Å². The molecular weight excluding hydrogens is 453 g/mol. The summed E-state index contributed by atoms with van der Waals surface area (Å²) in [6, 6.07) is 8.49. The molecule has 142 valence electrons. The molecule has 0 unspecified atom stereocenters. The highest BCUT2D eigenvalue weighted by Crippen LogP contribution is 2.28. The van der Waals surface area contributed by atoms with Crippen LogP contribution in [0.3, 0.4) is 0 Å². The Morgan fingerprint density at radius 3 is 2.52 bits per heavy atom. The van der Waals surface area contributed by atoms with Crippen LogP contribution in [0.15, 0.2) is 40.2 Å². The Kier molecular flexibility index (Phi) is 10.4. The molecular formula is C17H28IN3O3S. The fourth-order valence-electron chi connectivity index (χ4n) is 2.19. The fraction of sp³-hybridized carbons (Fsp3) is 0.588. The first-order valence-electron chi connectivity index (χ1n) is 8.42. The molecule has 0 aliphatic heterocycles. The van der Waals surface area contributed by atoms with Gasteiger partial charge >= 0.3 is 0 Å². The highest BCUT2D eigenvalue weighted by molar-refractivity contribution is 14.0. The van der Waals surface area contributed by atoms with Crippen LogP contribution in [0, 0.1) is 5.92 Å². The number of sulfone groups is 1. The maximum Gasteiger partial charge on any atom is 0.191 e. The maximum absolute atomic E-state index is 12.2. The van der Waals surface area contributed by atoms with Gasteiger partial charge in [-0.1, -0.05) is 18.2 Å². The third-order valence-corrected chi connectivity index (χ3v) is 5.53. The summed E-state index contributed by atoms with van der Waals surface area (Å²) < 4.78 is 29.9. The van der Waals surface area contributed by atoms with E-state index in [1.807, 2.05) is 0 Å². The van der Waals surface area contributed by atoms with Crippen molar-refractivity contribution in [1.29, 1.82) is 0 Å². The van der Waals surface area contributed by atoms with Crippen LogP contribution in [0.2, 0.25) is 0 Å². The highest BCUT2D eigenvalue weighted by Gasteiger charge is 2.20. The van der Waals surface area contributed by atoms with Gasteiger partial charge in [0.15, 0.2) is 15.8 Å². The van der Waals surface area contributed by atoms with E-state index in [-0.39, 0.29) is 29.7 Å². The molecule has 0 spiro atoms. The SMILES string of the molecule is CN=C(NCCCOCC1CC1)NCCS(=O)(=O)c1ccccc1.I. The van der Waals surface area contributed by atoms with Crippen molar-refractivity contribution in [2.45, 2.75) is 24.2 Å². The lowest BCUT2D eigenvalue weighted by atomic mass is 10.4. The third kappa shape index (κ3) is 8.87. The van der Waals surface area contributed by atoms with Crippen LogP contribution in [0.4, 0.5) is 0 Å². The van der Waals surface area contributed by atoms with Crippen molar-refractivity contribution < 1.29 is 13.2 Å². The van der Waals surface area contributed by atoms with Gasteiger partial charge in [0.1, 0.15) is 0 Å². The smallest absolute Gasteiger partial charge is 0.191 e. The minimum absolute atomic E-state index is 0. The zero-order valence-corrected chi connectivity index (χ0v) is 17.8. The van der Waals surface area contributed by atoms with Crippen molar-refractivity contribution in [3.05, 3.63) is 30.3 Å². The van der Waals surface area contributed by atoms with Gasteiger partial charge in [0.25, 0.3) is 0 Å². The number of hydrogen-bond donors (Lipinski definition) is 2. The number of ether oxygens (including phenoxy) is 1. The standard InChI is InChI=1S/C17H27N3O3S.HI/c1-18-17(19-10-5-12-23-14-15-8-9-15)20-11-13-24(21,22)16-6-3-2-4-7-16;/h2-4,6-7,15H,5,8-14H2,1H3,(H2,18,19,20);1H. The summed E-state index contributed by atoms with van der Waals surface area (Å²) in [5, 5.41) is 6.20. The minimum atomic E-state index is -3.26. The summed E-state index contributed by atoms with van der Waals surface area (Å²) in [5.41, 5.74) is 0. The zero-order chi connectivity index (χ0) is 17.3. The number of guanidine groups is 1. The van der Waals surface area contributed by atoms with E-state index in [0.717, 1.165) is 32.1 Å². The van der Waals surface area contributed by atoms with E-state index in [2.05, 4.69) is 15.6 Å². The molecule has 0 heterocycles. The van der Waals surface area contributed by atoms with Crippen LogP contribution < -0.4 is 10.6 Å². The predicted octanol–water partition coefficient (Wildman–Crippen LogP) is 2.06. The van der Waals surface area contributed by atoms with Crippen LogP contribution in [0.5, 0.6) is 0 Å². The predicted molar refractivity (Wildman–Crippen MR) is 111 cm³/mol. The van der Waals surface area contributed by atoms with Gasteiger partial charge in [0.2, 0.25) is 0 Å². The Bertz CT molecular complexity index is 619. The largest absolute Gasteiger partial charge is 0.381 e. The van der Waals surface area contributed by atoms with E-state index in [4.69, 9.17) is 4.74 Å². The van der Waals surface area contributed by atoms with Gasteiger partial charge in [-0.25, -0.2) is 8.42 Å². The molecule has 1 fully saturated rings. The van der Waals surface area contributed by atoms with Crippen LogP contribution in [0.25, 0.3) is 0 Å². The van der Waals surface area contributed by atoms with Crippen molar-refractivity contribution in [3.63, 3.8) is 0 Å². The molecule has 1 aromatic carbocycles. The molecule has 2 rings (SSSR count). The molecule has 2 N–H and O–H groups in total. The maximum atomic E-state index is 12.2. The molecule has 0 atom stereocenters. The van der Waals surface area contributed by atoms with E-state index >= 15 is 0 Å². The normalized spacial score (nSPS) is 14.7. The Hall–Kier alpha value is -0.870. The van der Waals surface area contributed by atoms with Crippen LogP contribution in [-0.2, 0) is 14.6 Å². The van der Waals surface area contributed by atoms with Gasteiger partial charge < -0.3 is 15.4 Å². The monoisotopic (exact) mass is 481 g/mol. The van der Waals surface area contributed by atoms with E-state index in [1.54, 1.807) is 37.4 Å². The van der Waals surface area contributed by atoms with Crippen LogP contribution in [-0.4, -0.2) is 53.5 Å². The summed E-state index contributed by atoms with van der Waals surface area (Å²) in [4.78, 5) is 4.44. The second-order valence-corrected chi connectivity index (χ2v) is 8.04. The summed E-state index contributed by atoms with van der Waals surface area (Å²) in [6.07, 6.45) is 3.51. The van der Waals surface area contributed by atoms with Gasteiger partial charge in [-0.3, -0.25) is 4.99 Å². The van der Waals surface area contributed by atoms with Gasteiger partial charge in [-0.05, 0) is 37.3 Å². The van der Waals surface area contributed by atoms with Crippen molar-refractivity contribution in [2.75, 3.05) is 39.1 Å². The molecule has 25 heavy (non-hydrogen) atoms. The minimum Gasteiger partial charge on any atom is -0.381 e. The van der Waals surface area contributed by atoms with E-state index in [1.165, 1.54) is 12.8 Å². The van der Waals surface area contributed by atoms with E-state index < -0.39 is 9.84 Å². The first kappa shape index (κ1) is 22.2. The number of halogens is 1. The first-order chi connectivity index (χ1) is 11.6. The number of nitrogens with one attached hydrogen (secondary N) is 2. The van der Waals surface area contributed by atoms with E-state index in [0.29, 0.717) is 17.4 Å². The quantitative estimate of drug-likeness (QED) is 0.232. The summed E-state index contributed by atoms with van der Waals surface area (Å²) in [7, 11) is -1.59. The number of rotatable bonds is 10. The Balaban J connectivity index is 0.00000312. The first-order valence-corrected chi connectivity index (χ1v) is 10.1. The average molecular weight is 481 g/mol. The molecule has 6 nitrogen and oxygen atoms in total. The van der Waals surface area contributed by atoms with Crippen LogP contribution in [0.1, 0.15) is 19.3 Å². The van der Waals surface area contributed by atoms with Gasteiger partial charge in [0.05, 0.1) is 10.6 Å². The number of hydrogen-bond acceptors (Lipinski definition) is 4. The topological polar surface area (TPSA) is 79.8 Å². The molecule has 1 aliphatic carbocycles. The van der Waals surface area contributed by atoms with Gasteiger partial charge in [0, 0.05) is 33.4 Å². The van der Waals surface area contributed by atoms with Gasteiger partial charge in [-0.15, -0.1) is 24.0 Å². The number of benzene rings is 1. The Labute approximate surface area is 167 Å². The lowest BCUT2D eigenvalue weighted by Gasteiger charge is -2.12. The molecule has 1 aromatic rings. The van der Waals surface area contributed by atoms with Gasteiger partial charge in [-0.2, -0.15) is 0 Å². The lowest BCUT2D eigenvalue weighted by molar-refractivity contribution is 0.123. The summed E-state index contributed by atoms with van der Waals surface area (Å²) in [6.45, 7) is 2.68. The Morgan fingerprint density at radius 2 is 1.88 bits per heavy atom. The summed E-state index contributed by atoms with van der Waals surface area (Å²) >= 11 is 0. The lowest BCUT2D eigenvalue weighted by Crippen LogP contribution is -2.40. The summed E-state index contributed by atoms with van der Waals surface area (Å²) in [5.74, 6) is 1.43. The molecule has 8 heteroatoms. The van der Waals surface area contributed by atoms with Crippen LogP contribution >= 0.6 is 24.0 Å². The molecule has 0 bridgehead atoms. The number of nitrogens with zero attached hydrogens (tertiary/aromatic N) is 1. The average Bonchev–Trinajstić information content (AvgIpc) is 3.41. The Morgan fingerprint density at radius 1 is 1.20 bits per heavy atom. The zero-order valence-electron chi connectivity index (χ0n) is 14.6. The second-order valence-electron chi connectivity index (χ2n) is 5.93. The fourth-order valence-corrected chi connectivity index (χ4v) is 3.36. The van der Waals surface area contributed by atoms with Crippen molar-refractivity contribution >= 4 is 39.8 Å². The van der Waals surface area contributed by atoms with Crippen molar-refractivity contribution in [3.8, 4) is 0 Å². The molecule has 1 saturated carbocycles.